The van der Waals surface area contributed by atoms with Crippen molar-refractivity contribution in [3.63, 3.8) is 0 Å². The van der Waals surface area contributed by atoms with Crippen molar-refractivity contribution in [2.75, 3.05) is 43.6 Å². The summed E-state index contributed by atoms with van der Waals surface area (Å²) >= 11 is 3.47. The Morgan fingerprint density at radius 1 is 1.15 bits per heavy atom. The van der Waals surface area contributed by atoms with Crippen LogP contribution in [0.1, 0.15) is 54.9 Å². The van der Waals surface area contributed by atoms with E-state index in [-0.39, 0.29) is 37.3 Å². The number of aldehydes is 1. The average Bonchev–Trinajstić information content (AvgIpc) is 2.91. The molecule has 2 aromatic carbocycles. The summed E-state index contributed by atoms with van der Waals surface area (Å²) in [5.41, 5.74) is 2.74. The maximum absolute atomic E-state index is 12.6. The number of carbonyl (C=O) groups excluding carboxylic acids is 4. The van der Waals surface area contributed by atoms with Crippen LogP contribution in [0.3, 0.4) is 0 Å². The molecule has 0 aromatic heterocycles. The van der Waals surface area contributed by atoms with Crippen LogP contribution in [0.25, 0.3) is 0 Å². The Hall–Kier alpha value is -3.08. The third-order valence-corrected chi connectivity index (χ3v) is 7.32. The Morgan fingerprint density at radius 3 is 2.62 bits per heavy atom. The number of ether oxygens (including phenoxy) is 1. The van der Waals surface area contributed by atoms with Crippen LogP contribution in [0.15, 0.2) is 46.9 Å². The van der Waals surface area contributed by atoms with Crippen molar-refractivity contribution in [1.82, 2.24) is 10.2 Å². The molecule has 0 radical (unpaired) electrons. The van der Waals surface area contributed by atoms with E-state index < -0.39 is 6.04 Å². The number of anilines is 2. The minimum absolute atomic E-state index is 0.0896. The third kappa shape index (κ3) is 9.26. The van der Waals surface area contributed by atoms with Gasteiger partial charge in [0.05, 0.1) is 6.04 Å². The van der Waals surface area contributed by atoms with E-state index in [2.05, 4.69) is 50.5 Å². The SMILES string of the molecule is CCN(CCCCCOCC(=O)Nc1cccc(C=O)c1CN(C)C1CCC(=O)NC1=O)c1ccc(Br)cc1. The van der Waals surface area contributed by atoms with Gasteiger partial charge in [0.1, 0.15) is 12.9 Å². The van der Waals surface area contributed by atoms with Crippen molar-refractivity contribution in [3.8, 4) is 0 Å². The minimum Gasteiger partial charge on any atom is -0.372 e. The number of halogens is 1. The predicted octanol–water partition coefficient (Wildman–Crippen LogP) is 4.15. The van der Waals surface area contributed by atoms with Crippen LogP contribution < -0.4 is 15.5 Å². The molecule has 0 aliphatic carbocycles. The highest BCUT2D eigenvalue weighted by molar-refractivity contribution is 9.10. The lowest BCUT2D eigenvalue weighted by Gasteiger charge is -2.30. The minimum atomic E-state index is -0.492. The van der Waals surface area contributed by atoms with E-state index in [1.54, 1.807) is 30.1 Å². The Kier molecular flexibility index (Phi) is 12.1. The fraction of sp³-hybridized carbons (Fsp3) is 0.448. The number of imide groups is 1. The van der Waals surface area contributed by atoms with E-state index in [1.165, 1.54) is 5.69 Å². The summed E-state index contributed by atoms with van der Waals surface area (Å²) in [5.74, 6) is -0.947. The lowest BCUT2D eigenvalue weighted by atomic mass is 10.0. The van der Waals surface area contributed by atoms with E-state index in [0.717, 1.165) is 43.1 Å². The number of likely N-dealkylation sites (N-methyl/N-ethyl adjacent to an activating group) is 1. The van der Waals surface area contributed by atoms with Gasteiger partial charge < -0.3 is 15.0 Å². The molecule has 0 bridgehead atoms. The van der Waals surface area contributed by atoms with E-state index in [9.17, 15) is 19.2 Å². The summed E-state index contributed by atoms with van der Waals surface area (Å²) in [6.07, 6.45) is 4.28. The van der Waals surface area contributed by atoms with Gasteiger partial charge in [-0.1, -0.05) is 28.1 Å². The first-order valence-electron chi connectivity index (χ1n) is 13.3. The topological polar surface area (TPSA) is 108 Å². The van der Waals surface area contributed by atoms with E-state index in [4.69, 9.17) is 4.74 Å². The lowest BCUT2D eigenvalue weighted by molar-refractivity contribution is -0.137. The molecule has 9 nitrogen and oxygen atoms in total. The summed E-state index contributed by atoms with van der Waals surface area (Å²) in [6, 6.07) is 12.9. The maximum atomic E-state index is 12.6. The monoisotopic (exact) mass is 600 g/mol. The first kappa shape index (κ1) is 30.5. The number of carbonyl (C=O) groups is 4. The number of nitrogens with one attached hydrogen (secondary N) is 2. The van der Waals surface area contributed by atoms with Gasteiger partial charge in [-0.15, -0.1) is 0 Å². The van der Waals surface area contributed by atoms with Crippen LogP contribution in [0.2, 0.25) is 0 Å². The van der Waals surface area contributed by atoms with Gasteiger partial charge in [0.2, 0.25) is 17.7 Å². The zero-order valence-electron chi connectivity index (χ0n) is 22.6. The summed E-state index contributed by atoms with van der Waals surface area (Å²) < 4.78 is 6.67. The molecule has 39 heavy (non-hydrogen) atoms. The second kappa shape index (κ2) is 15.5. The molecule has 1 aliphatic rings. The smallest absolute Gasteiger partial charge is 0.250 e. The maximum Gasteiger partial charge on any atom is 0.250 e. The number of nitrogens with zero attached hydrogens (tertiary/aromatic N) is 2. The average molecular weight is 602 g/mol. The Morgan fingerprint density at radius 2 is 1.92 bits per heavy atom. The van der Waals surface area contributed by atoms with Gasteiger partial charge in [-0.25, -0.2) is 0 Å². The van der Waals surface area contributed by atoms with Crippen molar-refractivity contribution >= 4 is 51.3 Å². The molecule has 1 aliphatic heterocycles. The van der Waals surface area contributed by atoms with Crippen LogP contribution in [0.5, 0.6) is 0 Å². The molecule has 0 spiro atoms. The standard InChI is InChI=1S/C29H37BrN4O5/c1-3-34(23-12-10-22(30)11-13-23)16-5-4-6-17-39-20-28(37)31-25-9-7-8-21(19-35)24(25)18-33(2)26-14-15-27(36)32-29(26)38/h7-13,19,26H,3-6,14-18,20H2,1-2H3,(H,31,37)(H,32,36,38). The molecule has 10 heteroatoms. The van der Waals surface area contributed by atoms with Gasteiger partial charge >= 0.3 is 0 Å². The van der Waals surface area contributed by atoms with Gasteiger partial charge in [0.25, 0.3) is 0 Å². The number of piperidine rings is 1. The number of benzene rings is 2. The fourth-order valence-electron chi connectivity index (χ4n) is 4.63. The summed E-state index contributed by atoms with van der Waals surface area (Å²) in [4.78, 5) is 52.1. The summed E-state index contributed by atoms with van der Waals surface area (Å²) in [5, 5.41) is 5.20. The zero-order chi connectivity index (χ0) is 28.2. The van der Waals surface area contributed by atoms with Crippen LogP contribution in [-0.2, 0) is 25.7 Å². The number of hydrogen-bond donors (Lipinski definition) is 2. The Labute approximate surface area is 238 Å². The van der Waals surface area contributed by atoms with Gasteiger partial charge in [0, 0.05) is 59.6 Å². The Balaban J connectivity index is 1.43. The van der Waals surface area contributed by atoms with Crippen LogP contribution >= 0.6 is 15.9 Å². The molecule has 0 saturated carbocycles. The summed E-state index contributed by atoms with van der Waals surface area (Å²) in [7, 11) is 1.76. The van der Waals surface area contributed by atoms with E-state index in [1.807, 2.05) is 12.1 Å². The third-order valence-electron chi connectivity index (χ3n) is 6.79. The first-order chi connectivity index (χ1) is 18.8. The quantitative estimate of drug-likeness (QED) is 0.180. The van der Waals surface area contributed by atoms with Crippen LogP contribution in [0, 0.1) is 0 Å². The first-order valence-corrected chi connectivity index (χ1v) is 14.1. The highest BCUT2D eigenvalue weighted by Crippen LogP contribution is 2.23. The largest absolute Gasteiger partial charge is 0.372 e. The number of hydrogen-bond acceptors (Lipinski definition) is 7. The van der Waals surface area contributed by atoms with Crippen molar-refractivity contribution < 1.29 is 23.9 Å². The van der Waals surface area contributed by atoms with Gasteiger partial charge in [-0.2, -0.15) is 0 Å². The molecule has 3 amide bonds. The molecule has 2 aromatic rings. The molecule has 2 N–H and O–H groups in total. The lowest BCUT2D eigenvalue weighted by Crippen LogP contribution is -2.51. The molecule has 3 rings (SSSR count). The molecule has 210 valence electrons. The number of amides is 3. The van der Waals surface area contributed by atoms with Gasteiger partial charge in [-0.05, 0) is 70.0 Å². The second-order valence-electron chi connectivity index (χ2n) is 9.59. The highest BCUT2D eigenvalue weighted by atomic mass is 79.9. The second-order valence-corrected chi connectivity index (χ2v) is 10.5. The summed E-state index contributed by atoms with van der Waals surface area (Å²) in [6.45, 7) is 4.70. The highest BCUT2D eigenvalue weighted by Gasteiger charge is 2.30. The molecule has 1 fully saturated rings. The zero-order valence-corrected chi connectivity index (χ0v) is 24.2. The van der Waals surface area contributed by atoms with Crippen molar-refractivity contribution in [2.45, 2.75) is 51.6 Å². The Bertz CT molecular complexity index is 1140. The fourth-order valence-corrected chi connectivity index (χ4v) is 4.89. The van der Waals surface area contributed by atoms with E-state index >= 15 is 0 Å². The van der Waals surface area contributed by atoms with Gasteiger partial charge in [0.15, 0.2) is 0 Å². The molecular formula is C29H37BrN4O5. The molecule has 1 saturated heterocycles. The number of rotatable bonds is 15. The number of unbranched alkanes of at least 4 members (excludes halogenated alkanes) is 2. The van der Waals surface area contributed by atoms with Gasteiger partial charge in [-0.3, -0.25) is 29.4 Å². The molecule has 1 atom stereocenters. The van der Waals surface area contributed by atoms with Crippen molar-refractivity contribution in [1.29, 1.82) is 0 Å². The van der Waals surface area contributed by atoms with Crippen molar-refractivity contribution in [2.24, 2.45) is 0 Å². The molecule has 1 unspecified atom stereocenters. The molecule has 1 heterocycles. The van der Waals surface area contributed by atoms with Crippen LogP contribution in [-0.4, -0.2) is 68.3 Å². The normalized spacial score (nSPS) is 15.2. The van der Waals surface area contributed by atoms with Crippen LogP contribution in [0.4, 0.5) is 11.4 Å². The van der Waals surface area contributed by atoms with Crippen molar-refractivity contribution in [3.05, 3.63) is 58.1 Å². The van der Waals surface area contributed by atoms with E-state index in [0.29, 0.717) is 29.8 Å². The molecular weight excluding hydrogens is 564 g/mol. The predicted molar refractivity (Wildman–Crippen MR) is 155 cm³/mol.